The van der Waals surface area contributed by atoms with Crippen LogP contribution in [0, 0.1) is 5.41 Å². The number of rotatable bonds is 2. The third-order valence-corrected chi connectivity index (χ3v) is 2.38. The van der Waals surface area contributed by atoms with Crippen molar-refractivity contribution in [3.05, 3.63) is 29.8 Å². The molecule has 0 atom stereocenters. The van der Waals surface area contributed by atoms with Crippen molar-refractivity contribution >= 4 is 0 Å². The lowest BCUT2D eigenvalue weighted by Gasteiger charge is -2.33. The van der Waals surface area contributed by atoms with Crippen LogP contribution in [0.25, 0.3) is 0 Å². The fourth-order valence-electron chi connectivity index (χ4n) is 2.18. The zero-order valence-electron chi connectivity index (χ0n) is 12.3. The molecule has 0 aliphatic carbocycles. The molecule has 1 rings (SSSR count). The molecule has 0 aliphatic heterocycles. The Labute approximate surface area is 96.0 Å². The second-order valence-corrected chi connectivity index (χ2v) is 6.00. The van der Waals surface area contributed by atoms with Crippen LogP contribution in [0.5, 0.6) is 5.75 Å². The molecule has 1 heteroatoms. The molecule has 0 amide bonds. The standard InChI is InChI=1S/C14H22O/c1-13(2,3)10-14(4,5)11-6-8-12(15)9-7-11/h6-9,15H,10H2,1-5H3/i6D,7D. The molecule has 0 saturated heterocycles. The van der Waals surface area contributed by atoms with Gasteiger partial charge in [0.15, 0.2) is 0 Å². The zero-order chi connectivity index (χ0) is 13.4. The lowest BCUT2D eigenvalue weighted by molar-refractivity contribution is 0.284. The first-order valence-corrected chi connectivity index (χ1v) is 5.34. The van der Waals surface area contributed by atoms with E-state index in [0.29, 0.717) is 5.56 Å². The highest BCUT2D eigenvalue weighted by atomic mass is 16.3. The van der Waals surface area contributed by atoms with E-state index < -0.39 is 0 Å². The Bertz CT molecular complexity index is 394. The molecule has 0 aromatic heterocycles. The monoisotopic (exact) mass is 208 g/mol. The maximum Gasteiger partial charge on any atom is 0.115 e. The van der Waals surface area contributed by atoms with Gasteiger partial charge in [-0.3, -0.25) is 0 Å². The van der Waals surface area contributed by atoms with E-state index in [2.05, 4.69) is 34.6 Å². The van der Waals surface area contributed by atoms with Crippen molar-refractivity contribution < 1.29 is 7.85 Å². The van der Waals surface area contributed by atoms with Crippen LogP contribution in [-0.4, -0.2) is 5.11 Å². The third kappa shape index (κ3) is 3.58. The maximum absolute atomic E-state index is 9.38. The Morgan fingerprint density at radius 3 is 2.00 bits per heavy atom. The van der Waals surface area contributed by atoms with Crippen molar-refractivity contribution in [2.24, 2.45) is 5.41 Å². The van der Waals surface area contributed by atoms with Gasteiger partial charge in [-0.25, -0.2) is 0 Å². The van der Waals surface area contributed by atoms with Gasteiger partial charge in [0.25, 0.3) is 0 Å². The van der Waals surface area contributed by atoms with Crippen LogP contribution in [0.4, 0.5) is 0 Å². The molecule has 0 unspecified atom stereocenters. The summed E-state index contributed by atoms with van der Waals surface area (Å²) in [5.74, 6) is -0.00434. The topological polar surface area (TPSA) is 20.2 Å². The zero-order valence-corrected chi connectivity index (χ0v) is 10.3. The Morgan fingerprint density at radius 1 is 1.13 bits per heavy atom. The minimum Gasteiger partial charge on any atom is -0.508 e. The van der Waals surface area contributed by atoms with Crippen LogP contribution >= 0.6 is 0 Å². The van der Waals surface area contributed by atoms with Gasteiger partial charge in [-0.15, -0.1) is 0 Å². The number of phenolic OH excluding ortho intramolecular Hbond substituents is 1. The Balaban J connectivity index is 3.24. The van der Waals surface area contributed by atoms with Crippen molar-refractivity contribution in [1.82, 2.24) is 0 Å². The third-order valence-electron chi connectivity index (χ3n) is 2.38. The van der Waals surface area contributed by atoms with Gasteiger partial charge >= 0.3 is 0 Å². The van der Waals surface area contributed by atoms with Crippen molar-refractivity contribution in [2.75, 3.05) is 0 Å². The maximum atomic E-state index is 9.38. The number of phenols is 1. The van der Waals surface area contributed by atoms with E-state index >= 15 is 0 Å². The van der Waals surface area contributed by atoms with Crippen molar-refractivity contribution in [3.63, 3.8) is 0 Å². The molecule has 15 heavy (non-hydrogen) atoms. The van der Waals surface area contributed by atoms with Crippen LogP contribution in [0.1, 0.15) is 49.3 Å². The van der Waals surface area contributed by atoms with Gasteiger partial charge in [-0.2, -0.15) is 0 Å². The molecule has 0 heterocycles. The molecule has 0 fully saturated rings. The van der Waals surface area contributed by atoms with Crippen LogP contribution in [0.15, 0.2) is 24.2 Å². The predicted octanol–water partition coefficient (Wildman–Crippen LogP) is 4.11. The Hall–Kier alpha value is -0.980. The van der Waals surface area contributed by atoms with E-state index in [9.17, 15) is 5.11 Å². The summed E-state index contributed by atoms with van der Waals surface area (Å²) in [4.78, 5) is 0. The summed E-state index contributed by atoms with van der Waals surface area (Å²) in [6.45, 7) is 10.6. The molecular weight excluding hydrogens is 184 g/mol. The molecule has 0 aliphatic rings. The fraction of sp³-hybridized carbons (Fsp3) is 0.571. The van der Waals surface area contributed by atoms with Crippen molar-refractivity contribution in [1.29, 1.82) is 0 Å². The molecule has 1 aromatic carbocycles. The molecule has 1 aromatic rings. The summed E-state index contributed by atoms with van der Waals surface area (Å²) in [6.07, 6.45) is 0.891. The van der Waals surface area contributed by atoms with Crippen LogP contribution < -0.4 is 0 Å². The Morgan fingerprint density at radius 2 is 1.60 bits per heavy atom. The molecule has 0 bridgehead atoms. The van der Waals surface area contributed by atoms with Gasteiger partial charge in [0, 0.05) is 0 Å². The first-order valence-electron chi connectivity index (χ1n) is 6.34. The van der Waals surface area contributed by atoms with Gasteiger partial charge in [0.05, 0.1) is 2.74 Å². The summed E-state index contributed by atoms with van der Waals surface area (Å²) >= 11 is 0. The number of hydrogen-bond donors (Lipinski definition) is 1. The molecule has 0 saturated carbocycles. The number of hydrogen-bond acceptors (Lipinski definition) is 1. The number of benzene rings is 1. The van der Waals surface area contributed by atoms with E-state index in [0.717, 1.165) is 6.42 Å². The largest absolute Gasteiger partial charge is 0.508 e. The fourth-order valence-corrected chi connectivity index (χ4v) is 2.18. The molecule has 0 spiro atoms. The predicted molar refractivity (Wildman–Crippen MR) is 65.2 cm³/mol. The Kier molecular flexibility index (Phi) is 2.40. The molecule has 1 N–H and O–H groups in total. The molecule has 84 valence electrons. The highest BCUT2D eigenvalue weighted by Gasteiger charge is 2.26. The quantitative estimate of drug-likeness (QED) is 0.775. The molecule has 0 radical (unpaired) electrons. The van der Waals surface area contributed by atoms with E-state index in [1.54, 1.807) is 0 Å². The van der Waals surface area contributed by atoms with Gasteiger partial charge in [-0.05, 0) is 34.9 Å². The van der Waals surface area contributed by atoms with Gasteiger partial charge in [0.2, 0.25) is 0 Å². The lowest BCUT2D eigenvalue weighted by atomic mass is 9.72. The van der Waals surface area contributed by atoms with E-state index in [4.69, 9.17) is 2.74 Å². The van der Waals surface area contributed by atoms with Crippen LogP contribution in [-0.2, 0) is 5.41 Å². The number of aromatic hydroxyl groups is 1. The SMILES string of the molecule is [2H]c1cc(O)cc([2H])c1C(C)(C)CC(C)(C)C. The summed E-state index contributed by atoms with van der Waals surface area (Å²) in [5, 5.41) is 9.38. The smallest absolute Gasteiger partial charge is 0.115 e. The van der Waals surface area contributed by atoms with Gasteiger partial charge < -0.3 is 5.11 Å². The van der Waals surface area contributed by atoms with Crippen molar-refractivity contribution in [3.8, 4) is 5.75 Å². The van der Waals surface area contributed by atoms with E-state index in [1.165, 1.54) is 12.1 Å². The minimum absolute atomic E-state index is 0.00434. The van der Waals surface area contributed by atoms with Crippen LogP contribution in [0.2, 0.25) is 0 Å². The highest BCUT2D eigenvalue weighted by molar-refractivity contribution is 5.30. The normalized spacial score (nSPS) is 14.7. The van der Waals surface area contributed by atoms with Crippen LogP contribution in [0.3, 0.4) is 0 Å². The van der Waals surface area contributed by atoms with Gasteiger partial charge in [-0.1, -0.05) is 46.7 Å². The summed E-state index contributed by atoms with van der Waals surface area (Å²) in [5.41, 5.74) is 0.616. The van der Waals surface area contributed by atoms with Crippen molar-refractivity contribution in [2.45, 2.75) is 46.5 Å². The summed E-state index contributed by atoms with van der Waals surface area (Å²) in [7, 11) is 0. The lowest BCUT2D eigenvalue weighted by Crippen LogP contribution is -2.24. The average Bonchev–Trinajstić information content (AvgIpc) is 1.93. The average molecular weight is 208 g/mol. The first kappa shape index (κ1) is 9.26. The highest BCUT2D eigenvalue weighted by Crippen LogP contribution is 2.36. The van der Waals surface area contributed by atoms with E-state index in [-0.39, 0.29) is 28.7 Å². The first-order chi connectivity index (χ1) is 7.53. The summed E-state index contributed by atoms with van der Waals surface area (Å²) < 4.78 is 15.9. The summed E-state index contributed by atoms with van der Waals surface area (Å²) in [6, 6.07) is 3.34. The van der Waals surface area contributed by atoms with Gasteiger partial charge in [0.1, 0.15) is 5.75 Å². The minimum atomic E-state index is -0.236. The molecular formula is C14H22O. The second-order valence-electron chi connectivity index (χ2n) is 6.00. The van der Waals surface area contributed by atoms with E-state index in [1.807, 2.05) is 0 Å². The second kappa shape index (κ2) is 3.88. The molecule has 1 nitrogen and oxygen atoms in total.